The van der Waals surface area contributed by atoms with Crippen molar-refractivity contribution in [1.29, 1.82) is 0 Å². The fourth-order valence-electron chi connectivity index (χ4n) is 2.26. The number of hydrogen-bond donors (Lipinski definition) is 1. The van der Waals surface area contributed by atoms with Crippen LogP contribution in [0, 0.1) is 6.92 Å². The molecule has 0 unspecified atom stereocenters. The van der Waals surface area contributed by atoms with Crippen LogP contribution in [-0.2, 0) is 17.5 Å². The molecule has 2 rings (SSSR count). The number of pyridine rings is 1. The van der Waals surface area contributed by atoms with Crippen LogP contribution in [-0.4, -0.2) is 27.8 Å². The largest absolute Gasteiger partial charge is 0.444 e. The van der Waals surface area contributed by atoms with E-state index in [2.05, 4.69) is 10.3 Å². The molecule has 1 N–H and O–H groups in total. The van der Waals surface area contributed by atoms with Crippen molar-refractivity contribution in [2.75, 3.05) is 6.54 Å². The van der Waals surface area contributed by atoms with Crippen LogP contribution in [0.3, 0.4) is 0 Å². The molecule has 0 saturated carbocycles. The first-order valence-electron chi connectivity index (χ1n) is 7.47. The van der Waals surface area contributed by atoms with Gasteiger partial charge in [-0.1, -0.05) is 0 Å². The summed E-state index contributed by atoms with van der Waals surface area (Å²) < 4.78 is 45.2. The molecule has 2 aromatic rings. The molecular weight excluding hydrogens is 323 g/mol. The van der Waals surface area contributed by atoms with Gasteiger partial charge in [0.2, 0.25) is 0 Å². The molecule has 1 amide bonds. The van der Waals surface area contributed by atoms with Crippen LogP contribution < -0.4 is 5.32 Å². The fraction of sp³-hybridized carbons (Fsp3) is 0.500. The first-order chi connectivity index (χ1) is 11.0. The molecule has 0 atom stereocenters. The average molecular weight is 343 g/mol. The number of rotatable bonds is 3. The number of alkyl carbamates (subject to hydrolysis) is 1. The molecule has 0 saturated heterocycles. The van der Waals surface area contributed by atoms with Gasteiger partial charge in [0.25, 0.3) is 0 Å². The Bertz CT molecular complexity index is 745. The van der Waals surface area contributed by atoms with E-state index in [1.54, 1.807) is 38.5 Å². The SMILES string of the molecule is Cc1cn(CCNC(=O)OC(C)(C)C)c2ncc(C(F)(F)F)cc12. The first kappa shape index (κ1) is 18.1. The molecule has 0 fully saturated rings. The molecule has 2 aromatic heterocycles. The Morgan fingerprint density at radius 2 is 2.00 bits per heavy atom. The van der Waals surface area contributed by atoms with E-state index in [1.807, 2.05) is 0 Å². The summed E-state index contributed by atoms with van der Waals surface area (Å²) in [7, 11) is 0. The number of carbonyl (C=O) groups is 1. The Labute approximate surface area is 137 Å². The zero-order valence-electron chi connectivity index (χ0n) is 14.0. The lowest BCUT2D eigenvalue weighted by molar-refractivity contribution is -0.137. The smallest absolute Gasteiger partial charge is 0.417 e. The zero-order chi connectivity index (χ0) is 18.1. The third kappa shape index (κ3) is 4.39. The number of fused-ring (bicyclic) bond motifs is 1. The summed E-state index contributed by atoms with van der Waals surface area (Å²) in [5.41, 5.74) is -0.216. The van der Waals surface area contributed by atoms with Crippen LogP contribution >= 0.6 is 0 Å². The Morgan fingerprint density at radius 3 is 2.58 bits per heavy atom. The molecule has 2 heterocycles. The van der Waals surface area contributed by atoms with Gasteiger partial charge in [-0.2, -0.15) is 13.2 Å². The number of amides is 1. The van der Waals surface area contributed by atoms with Gasteiger partial charge in [-0.25, -0.2) is 9.78 Å². The van der Waals surface area contributed by atoms with Crippen LogP contribution in [0.1, 0.15) is 31.9 Å². The second kappa shape index (κ2) is 6.33. The van der Waals surface area contributed by atoms with Crippen LogP contribution in [0.5, 0.6) is 0 Å². The highest BCUT2D eigenvalue weighted by atomic mass is 19.4. The summed E-state index contributed by atoms with van der Waals surface area (Å²) >= 11 is 0. The second-order valence-electron chi connectivity index (χ2n) is 6.53. The average Bonchev–Trinajstić information content (AvgIpc) is 2.72. The third-order valence-electron chi connectivity index (χ3n) is 3.26. The highest BCUT2D eigenvalue weighted by molar-refractivity contribution is 5.81. The molecule has 0 bridgehead atoms. The standard InChI is InChI=1S/C16H20F3N3O2/c1-10-9-22(6-5-20-14(23)24-15(2,3)4)13-12(10)7-11(8-21-13)16(17,18)19/h7-9H,5-6H2,1-4H3,(H,20,23). The van der Waals surface area contributed by atoms with Crippen molar-refractivity contribution in [2.45, 2.75) is 46.0 Å². The number of nitrogens with one attached hydrogen (secondary N) is 1. The van der Waals surface area contributed by atoms with Crippen LogP contribution in [0.4, 0.5) is 18.0 Å². The van der Waals surface area contributed by atoms with Crippen molar-refractivity contribution in [1.82, 2.24) is 14.9 Å². The monoisotopic (exact) mass is 343 g/mol. The molecule has 5 nitrogen and oxygen atoms in total. The topological polar surface area (TPSA) is 56.2 Å². The summed E-state index contributed by atoms with van der Waals surface area (Å²) in [6.45, 7) is 7.66. The van der Waals surface area contributed by atoms with Crippen LogP contribution in [0.25, 0.3) is 11.0 Å². The molecular formula is C16H20F3N3O2. The van der Waals surface area contributed by atoms with Crippen molar-refractivity contribution < 1.29 is 22.7 Å². The van der Waals surface area contributed by atoms with E-state index >= 15 is 0 Å². The van der Waals surface area contributed by atoms with Gasteiger partial charge in [0.05, 0.1) is 5.56 Å². The minimum atomic E-state index is -4.42. The highest BCUT2D eigenvalue weighted by Gasteiger charge is 2.31. The van der Waals surface area contributed by atoms with Gasteiger partial charge in [0.1, 0.15) is 11.2 Å². The van der Waals surface area contributed by atoms with Crippen molar-refractivity contribution in [3.63, 3.8) is 0 Å². The van der Waals surface area contributed by atoms with Crippen molar-refractivity contribution in [3.8, 4) is 0 Å². The third-order valence-corrected chi connectivity index (χ3v) is 3.26. The summed E-state index contributed by atoms with van der Waals surface area (Å²) in [4.78, 5) is 15.5. The molecule has 8 heteroatoms. The number of carbonyl (C=O) groups excluding carboxylic acids is 1. The minimum Gasteiger partial charge on any atom is -0.444 e. The quantitative estimate of drug-likeness (QED) is 0.920. The van der Waals surface area contributed by atoms with Gasteiger partial charge in [-0.3, -0.25) is 0 Å². The Hall–Kier alpha value is -2.25. The maximum atomic E-state index is 12.8. The lowest BCUT2D eigenvalue weighted by Gasteiger charge is -2.19. The number of alkyl halides is 3. The summed E-state index contributed by atoms with van der Waals surface area (Å²) in [5, 5.41) is 3.05. The maximum absolute atomic E-state index is 12.8. The number of aryl methyl sites for hydroxylation is 1. The van der Waals surface area contributed by atoms with E-state index in [0.717, 1.165) is 12.3 Å². The number of aromatic nitrogens is 2. The summed E-state index contributed by atoms with van der Waals surface area (Å²) in [6.07, 6.45) is -2.43. The normalized spacial score (nSPS) is 12.5. The molecule has 24 heavy (non-hydrogen) atoms. The van der Waals surface area contributed by atoms with Crippen molar-refractivity contribution >= 4 is 17.1 Å². The van der Waals surface area contributed by atoms with Gasteiger partial charge < -0.3 is 14.6 Å². The Kier molecular flexibility index (Phi) is 4.77. The molecule has 0 aromatic carbocycles. The molecule has 0 spiro atoms. The predicted octanol–water partition coefficient (Wildman–Crippen LogP) is 3.89. The molecule has 132 valence electrons. The van der Waals surface area contributed by atoms with Gasteiger partial charge in [0.15, 0.2) is 0 Å². The highest BCUT2D eigenvalue weighted by Crippen LogP contribution is 2.31. The van der Waals surface area contributed by atoms with Gasteiger partial charge in [-0.05, 0) is 39.3 Å². The number of nitrogens with zero attached hydrogens (tertiary/aromatic N) is 2. The molecule has 0 radical (unpaired) electrons. The van der Waals surface area contributed by atoms with Gasteiger partial charge in [0, 0.05) is 30.9 Å². The lowest BCUT2D eigenvalue weighted by Crippen LogP contribution is -2.34. The van der Waals surface area contributed by atoms with Crippen LogP contribution in [0.2, 0.25) is 0 Å². The van der Waals surface area contributed by atoms with Gasteiger partial charge >= 0.3 is 12.3 Å². The van der Waals surface area contributed by atoms with E-state index in [9.17, 15) is 18.0 Å². The summed E-state index contributed by atoms with van der Waals surface area (Å²) in [5.74, 6) is 0. The van der Waals surface area contributed by atoms with E-state index < -0.39 is 23.4 Å². The number of hydrogen-bond acceptors (Lipinski definition) is 3. The van der Waals surface area contributed by atoms with E-state index in [1.165, 1.54) is 0 Å². The van der Waals surface area contributed by atoms with Gasteiger partial charge in [-0.15, -0.1) is 0 Å². The summed E-state index contributed by atoms with van der Waals surface area (Å²) in [6, 6.07) is 1.09. The predicted molar refractivity (Wildman–Crippen MR) is 83.7 cm³/mol. The number of halogens is 3. The zero-order valence-corrected chi connectivity index (χ0v) is 14.0. The molecule has 0 aliphatic rings. The fourth-order valence-corrected chi connectivity index (χ4v) is 2.26. The number of ether oxygens (including phenoxy) is 1. The maximum Gasteiger partial charge on any atom is 0.417 e. The Morgan fingerprint density at radius 1 is 1.33 bits per heavy atom. The van der Waals surface area contributed by atoms with E-state index in [-0.39, 0.29) is 6.54 Å². The minimum absolute atomic E-state index is 0.279. The Balaban J connectivity index is 2.09. The molecule has 0 aliphatic carbocycles. The van der Waals surface area contributed by atoms with Crippen molar-refractivity contribution in [2.24, 2.45) is 0 Å². The van der Waals surface area contributed by atoms with Crippen molar-refractivity contribution in [3.05, 3.63) is 29.6 Å². The molecule has 0 aliphatic heterocycles. The van der Waals surface area contributed by atoms with E-state index in [0.29, 0.717) is 23.1 Å². The van der Waals surface area contributed by atoms with Crippen LogP contribution in [0.15, 0.2) is 18.5 Å². The lowest BCUT2D eigenvalue weighted by atomic mass is 10.2. The second-order valence-corrected chi connectivity index (χ2v) is 6.53. The van der Waals surface area contributed by atoms with E-state index in [4.69, 9.17) is 4.74 Å². The first-order valence-corrected chi connectivity index (χ1v) is 7.47.